The highest BCUT2D eigenvalue weighted by molar-refractivity contribution is 9.10. The summed E-state index contributed by atoms with van der Waals surface area (Å²) >= 11 is 3.23. The first-order chi connectivity index (χ1) is 9.14. The number of fused-ring (bicyclic) bond motifs is 1. The molecule has 0 aliphatic heterocycles. The molecule has 0 N–H and O–H groups in total. The molecule has 1 aromatic carbocycles. The summed E-state index contributed by atoms with van der Waals surface area (Å²) in [5.74, 6) is -1.75. The molecule has 4 nitrogen and oxygen atoms in total. The molecule has 0 spiro atoms. The van der Waals surface area contributed by atoms with Gasteiger partial charge < -0.3 is 4.74 Å². The molecular formula is C12H11BBrFO4S. The zero-order valence-corrected chi connectivity index (χ0v) is 13.2. The van der Waals surface area contributed by atoms with Crippen LogP contribution in [0.1, 0.15) is 30.0 Å². The Morgan fingerprint density at radius 2 is 2.00 bits per heavy atom. The molecule has 0 amide bonds. The zero-order valence-electron chi connectivity index (χ0n) is 10.8. The van der Waals surface area contributed by atoms with Gasteiger partial charge in [-0.3, -0.25) is 4.79 Å². The maximum atomic E-state index is 14.3. The van der Waals surface area contributed by atoms with Crippen molar-refractivity contribution < 1.29 is 22.3 Å². The van der Waals surface area contributed by atoms with Crippen LogP contribution in [0.15, 0.2) is 21.5 Å². The van der Waals surface area contributed by atoms with E-state index in [2.05, 4.69) is 15.9 Å². The van der Waals surface area contributed by atoms with E-state index in [1.54, 1.807) is 0 Å². The summed E-state index contributed by atoms with van der Waals surface area (Å²) in [6.45, 7) is 1.13. The summed E-state index contributed by atoms with van der Waals surface area (Å²) in [4.78, 5) is 11.0. The number of hydrogen-bond donors (Lipinski definition) is 0. The van der Waals surface area contributed by atoms with Crippen molar-refractivity contribution in [1.82, 2.24) is 0 Å². The lowest BCUT2D eigenvalue weighted by molar-refractivity contribution is -0.149. The zero-order chi connectivity index (χ0) is 15.2. The molecule has 0 saturated heterocycles. The van der Waals surface area contributed by atoms with Crippen LogP contribution in [0.2, 0.25) is 0 Å². The summed E-state index contributed by atoms with van der Waals surface area (Å²) in [5.41, 5.74) is 0.448. The second-order valence-electron chi connectivity index (χ2n) is 4.65. The Morgan fingerprint density at radius 3 is 2.50 bits per heavy atom. The number of ether oxygens (including phenoxy) is 1. The fourth-order valence-electron chi connectivity index (χ4n) is 2.35. The molecule has 0 heterocycles. The summed E-state index contributed by atoms with van der Waals surface area (Å²) in [5, 5.41) is 0. The largest absolute Gasteiger partial charge is 0.454 e. The molecule has 1 aliphatic carbocycles. The summed E-state index contributed by atoms with van der Waals surface area (Å²) in [7, 11) is 2.18. The van der Waals surface area contributed by atoms with Gasteiger partial charge in [-0.2, -0.15) is 0 Å². The Balaban J connectivity index is 2.74. The molecule has 2 rings (SSSR count). The van der Waals surface area contributed by atoms with Crippen molar-refractivity contribution in [2.45, 2.75) is 29.9 Å². The first kappa shape index (κ1) is 15.5. The van der Waals surface area contributed by atoms with Crippen molar-refractivity contribution >= 4 is 39.6 Å². The van der Waals surface area contributed by atoms with Crippen molar-refractivity contribution in [3.05, 3.63) is 27.7 Å². The molecule has 106 valence electrons. The number of benzene rings is 1. The second kappa shape index (κ2) is 5.14. The van der Waals surface area contributed by atoms with Crippen LogP contribution in [0.4, 0.5) is 4.39 Å². The number of alkyl halides is 1. The van der Waals surface area contributed by atoms with E-state index >= 15 is 0 Å². The van der Waals surface area contributed by atoms with Gasteiger partial charge in [0, 0.05) is 23.2 Å². The van der Waals surface area contributed by atoms with Crippen molar-refractivity contribution in [3.63, 3.8) is 0 Å². The summed E-state index contributed by atoms with van der Waals surface area (Å²) in [6, 6.07) is 2.84. The van der Waals surface area contributed by atoms with E-state index < -0.39 is 33.9 Å². The predicted molar refractivity (Wildman–Crippen MR) is 75.1 cm³/mol. The molecule has 0 fully saturated rings. The van der Waals surface area contributed by atoms with Crippen molar-refractivity contribution in [1.29, 1.82) is 0 Å². The standard InChI is InChI=1S/C12H11BBrFO4S/c1-5(16)19-12-9-7(20(2,17)18)4-3-6(14)8(9)10(13)11(12)15/h3-4,10-12H,1-2H3/t10-,11+,12-/m0/s1. The van der Waals surface area contributed by atoms with Crippen molar-refractivity contribution in [3.8, 4) is 0 Å². The number of esters is 1. The summed E-state index contributed by atoms with van der Waals surface area (Å²) in [6.07, 6.45) is -1.98. The Bertz CT molecular complexity index is 676. The van der Waals surface area contributed by atoms with Crippen LogP contribution in [0.3, 0.4) is 0 Å². The molecule has 8 heteroatoms. The molecule has 0 bridgehead atoms. The Labute approximate surface area is 126 Å². The maximum absolute atomic E-state index is 14.3. The van der Waals surface area contributed by atoms with Crippen LogP contribution in [0.5, 0.6) is 0 Å². The Hall–Kier alpha value is -0.885. The smallest absolute Gasteiger partial charge is 0.303 e. The first-order valence-corrected chi connectivity index (χ1v) is 8.42. The number of hydrogen-bond acceptors (Lipinski definition) is 4. The van der Waals surface area contributed by atoms with Crippen LogP contribution in [-0.4, -0.2) is 34.7 Å². The number of carbonyl (C=O) groups excluding carboxylic acids is 1. The van der Waals surface area contributed by atoms with Gasteiger partial charge in [0.05, 0.1) is 12.7 Å². The topological polar surface area (TPSA) is 60.4 Å². The van der Waals surface area contributed by atoms with E-state index in [-0.39, 0.29) is 10.5 Å². The Morgan fingerprint density at radius 1 is 1.40 bits per heavy atom. The lowest BCUT2D eigenvalue weighted by Gasteiger charge is -2.17. The monoisotopic (exact) mass is 360 g/mol. The lowest BCUT2D eigenvalue weighted by atomic mass is 9.81. The molecule has 0 unspecified atom stereocenters. The van der Waals surface area contributed by atoms with Gasteiger partial charge in [0.25, 0.3) is 0 Å². The minimum absolute atomic E-state index is 0.0717. The third-order valence-electron chi connectivity index (χ3n) is 3.14. The van der Waals surface area contributed by atoms with Crippen LogP contribution in [-0.2, 0) is 19.4 Å². The highest BCUT2D eigenvalue weighted by Gasteiger charge is 2.44. The van der Waals surface area contributed by atoms with E-state index in [0.717, 1.165) is 13.2 Å². The predicted octanol–water partition coefficient (Wildman–Crippen LogP) is 2.02. The minimum atomic E-state index is -3.59. The van der Waals surface area contributed by atoms with Crippen LogP contribution in [0.25, 0.3) is 0 Å². The second-order valence-corrected chi connectivity index (χ2v) is 7.48. The summed E-state index contributed by atoms with van der Waals surface area (Å²) < 4.78 is 43.3. The SMILES string of the molecule is [B][C@H]1c2c(Br)ccc(S(C)(=O)=O)c2[C@H](OC(C)=O)[C@@H]1F. The lowest BCUT2D eigenvalue weighted by Crippen LogP contribution is -2.19. The highest BCUT2D eigenvalue weighted by Crippen LogP contribution is 2.48. The van der Waals surface area contributed by atoms with Crippen LogP contribution < -0.4 is 0 Å². The van der Waals surface area contributed by atoms with Gasteiger partial charge in [0.15, 0.2) is 15.9 Å². The van der Waals surface area contributed by atoms with Gasteiger partial charge in [-0.1, -0.05) is 15.9 Å². The Kier molecular flexibility index (Phi) is 3.99. The van der Waals surface area contributed by atoms with E-state index in [4.69, 9.17) is 12.6 Å². The maximum Gasteiger partial charge on any atom is 0.303 e. The van der Waals surface area contributed by atoms with Gasteiger partial charge in [0.2, 0.25) is 0 Å². The molecule has 0 saturated carbocycles. The number of sulfone groups is 1. The van der Waals surface area contributed by atoms with Gasteiger partial charge in [0.1, 0.15) is 6.17 Å². The molecule has 2 radical (unpaired) electrons. The van der Waals surface area contributed by atoms with Crippen molar-refractivity contribution in [2.24, 2.45) is 0 Å². The fraction of sp³-hybridized carbons (Fsp3) is 0.417. The number of halogens is 2. The number of rotatable bonds is 2. The third kappa shape index (κ3) is 2.51. The van der Waals surface area contributed by atoms with E-state index in [1.807, 2.05) is 0 Å². The third-order valence-corrected chi connectivity index (χ3v) is 4.98. The molecule has 3 atom stereocenters. The van der Waals surface area contributed by atoms with Gasteiger partial charge >= 0.3 is 5.97 Å². The van der Waals surface area contributed by atoms with Gasteiger partial charge in [-0.15, -0.1) is 0 Å². The molecule has 1 aliphatic rings. The molecule has 0 aromatic heterocycles. The van der Waals surface area contributed by atoms with Crippen LogP contribution in [0, 0.1) is 0 Å². The molecule has 1 aromatic rings. The number of carbonyl (C=O) groups is 1. The quantitative estimate of drug-likeness (QED) is 0.598. The van der Waals surface area contributed by atoms with Gasteiger partial charge in [-0.25, -0.2) is 12.8 Å². The molecule has 20 heavy (non-hydrogen) atoms. The average molecular weight is 361 g/mol. The normalized spacial score (nSPS) is 25.3. The molecular weight excluding hydrogens is 350 g/mol. The van der Waals surface area contributed by atoms with Crippen LogP contribution >= 0.6 is 15.9 Å². The van der Waals surface area contributed by atoms with E-state index in [1.165, 1.54) is 12.1 Å². The van der Waals surface area contributed by atoms with Gasteiger partial charge in [-0.05, 0) is 23.5 Å². The fourth-order valence-corrected chi connectivity index (χ4v) is 3.91. The first-order valence-electron chi connectivity index (χ1n) is 5.73. The van der Waals surface area contributed by atoms with E-state index in [9.17, 15) is 17.6 Å². The van der Waals surface area contributed by atoms with E-state index in [0.29, 0.717) is 10.0 Å². The average Bonchev–Trinajstić information content (AvgIpc) is 2.54. The van der Waals surface area contributed by atoms with Crippen molar-refractivity contribution in [2.75, 3.05) is 6.26 Å². The minimum Gasteiger partial charge on any atom is -0.454 e. The highest BCUT2D eigenvalue weighted by atomic mass is 79.9.